The molecule has 4 heteroatoms. The first kappa shape index (κ1) is 19.0. The number of hydrogen-bond acceptors (Lipinski definition) is 2. The van der Waals surface area contributed by atoms with Gasteiger partial charge in [0.25, 0.3) is 0 Å². The number of piperidine rings is 1. The van der Waals surface area contributed by atoms with E-state index in [1.54, 1.807) is 0 Å². The van der Waals surface area contributed by atoms with Gasteiger partial charge in [-0.3, -0.25) is 4.79 Å². The zero-order chi connectivity index (χ0) is 15.3. The van der Waals surface area contributed by atoms with Crippen molar-refractivity contribution in [1.29, 1.82) is 0 Å². The van der Waals surface area contributed by atoms with Gasteiger partial charge in [0.05, 0.1) is 12.7 Å². The van der Waals surface area contributed by atoms with Crippen LogP contribution in [-0.2, 0) is 9.53 Å². The Morgan fingerprint density at radius 2 is 1.71 bits per heavy atom. The first-order valence-electron chi connectivity index (χ1n) is 8.73. The minimum atomic E-state index is 0.350. The number of hydrogen-bond donors (Lipinski definition) is 0. The van der Waals surface area contributed by atoms with E-state index in [0.29, 0.717) is 12.0 Å². The van der Waals surface area contributed by atoms with Gasteiger partial charge in [0.15, 0.2) is 0 Å². The molecule has 0 atom stereocenters. The Bertz CT molecular complexity index is 266. The minimum absolute atomic E-state index is 0.350. The van der Waals surface area contributed by atoms with Gasteiger partial charge in [0.2, 0.25) is 5.91 Å². The molecule has 0 aromatic rings. The number of carbonyl (C=O) groups excluding carboxylic acids is 1. The summed E-state index contributed by atoms with van der Waals surface area (Å²) in [6.07, 6.45) is 12.0. The first-order valence-corrected chi connectivity index (χ1v) is 9.85. The third-order valence-corrected chi connectivity index (χ3v) is 4.54. The number of ether oxygens (including phenoxy) is 1. The lowest BCUT2D eigenvalue weighted by molar-refractivity contribution is -0.133. The van der Waals surface area contributed by atoms with Crippen LogP contribution in [0.1, 0.15) is 71.1 Å². The topological polar surface area (TPSA) is 29.5 Å². The lowest BCUT2D eigenvalue weighted by atomic mass is 10.1. The summed E-state index contributed by atoms with van der Waals surface area (Å²) in [7, 11) is 0. The maximum Gasteiger partial charge on any atom is 0.222 e. The summed E-state index contributed by atoms with van der Waals surface area (Å²) in [6.45, 7) is 4.77. The van der Waals surface area contributed by atoms with Crippen molar-refractivity contribution in [1.82, 2.24) is 4.90 Å². The number of rotatable bonds is 11. The van der Waals surface area contributed by atoms with Crippen LogP contribution >= 0.6 is 15.9 Å². The number of unbranched alkanes of at least 4 members (excludes halogenated alkanes) is 6. The molecule has 0 N–H and O–H groups in total. The zero-order valence-corrected chi connectivity index (χ0v) is 15.2. The van der Waals surface area contributed by atoms with Gasteiger partial charge in [-0.2, -0.15) is 0 Å². The predicted octanol–water partition coefficient (Wildman–Crippen LogP) is 4.53. The lowest BCUT2D eigenvalue weighted by Crippen LogP contribution is -2.40. The largest absolute Gasteiger partial charge is 0.377 e. The van der Waals surface area contributed by atoms with E-state index in [-0.39, 0.29) is 0 Å². The van der Waals surface area contributed by atoms with Gasteiger partial charge < -0.3 is 9.64 Å². The Morgan fingerprint density at radius 3 is 2.33 bits per heavy atom. The second-order valence-corrected chi connectivity index (χ2v) is 6.80. The first-order chi connectivity index (χ1) is 10.3. The number of nitrogens with zero attached hydrogens (tertiary/aromatic N) is 1. The average Bonchev–Trinajstić information content (AvgIpc) is 2.52. The average molecular weight is 362 g/mol. The molecule has 0 spiro atoms. The molecule has 0 aromatic heterocycles. The molecule has 3 nitrogen and oxygen atoms in total. The monoisotopic (exact) mass is 361 g/mol. The molecular weight excluding hydrogens is 330 g/mol. The second kappa shape index (κ2) is 12.5. The third-order valence-electron chi connectivity index (χ3n) is 4.22. The van der Waals surface area contributed by atoms with Gasteiger partial charge in [-0.1, -0.05) is 61.4 Å². The van der Waals surface area contributed by atoms with E-state index in [4.69, 9.17) is 4.74 Å². The summed E-state index contributed by atoms with van der Waals surface area (Å²) in [5.41, 5.74) is 0. The van der Waals surface area contributed by atoms with Crippen molar-refractivity contribution in [2.75, 3.05) is 25.0 Å². The zero-order valence-electron chi connectivity index (χ0n) is 13.6. The van der Waals surface area contributed by atoms with Crippen LogP contribution in [0.4, 0.5) is 0 Å². The highest BCUT2D eigenvalue weighted by Crippen LogP contribution is 2.16. The number of alkyl halides is 1. The number of carbonyl (C=O) groups is 1. The number of halogens is 1. The predicted molar refractivity (Wildman–Crippen MR) is 92.0 cm³/mol. The number of likely N-dealkylation sites (tertiary alicyclic amines) is 1. The molecule has 1 saturated heterocycles. The molecule has 1 fully saturated rings. The van der Waals surface area contributed by atoms with Crippen molar-refractivity contribution in [2.45, 2.75) is 77.2 Å². The summed E-state index contributed by atoms with van der Waals surface area (Å²) >= 11 is 3.38. The summed E-state index contributed by atoms with van der Waals surface area (Å²) in [6, 6.07) is 0. The highest BCUT2D eigenvalue weighted by atomic mass is 79.9. The van der Waals surface area contributed by atoms with Crippen molar-refractivity contribution in [3.63, 3.8) is 0 Å². The molecular formula is C17H32BrNO2. The smallest absolute Gasteiger partial charge is 0.222 e. The standard InChI is InChI=1S/C17H32BrNO2/c1-2-3-4-5-6-7-8-9-17(20)19-13-10-16(11-14-19)21-15-12-18/h16H,2-15H2,1H3. The van der Waals surface area contributed by atoms with Crippen LogP contribution in [0.3, 0.4) is 0 Å². The van der Waals surface area contributed by atoms with Gasteiger partial charge >= 0.3 is 0 Å². The molecule has 0 radical (unpaired) electrons. The van der Waals surface area contributed by atoms with Crippen LogP contribution in [0.2, 0.25) is 0 Å². The molecule has 124 valence electrons. The van der Waals surface area contributed by atoms with E-state index in [2.05, 4.69) is 22.9 Å². The fraction of sp³-hybridized carbons (Fsp3) is 0.941. The third kappa shape index (κ3) is 8.82. The highest BCUT2D eigenvalue weighted by molar-refractivity contribution is 9.09. The van der Waals surface area contributed by atoms with Gasteiger partial charge in [-0.15, -0.1) is 0 Å². The van der Waals surface area contributed by atoms with Crippen LogP contribution in [-0.4, -0.2) is 41.9 Å². The van der Waals surface area contributed by atoms with Gasteiger partial charge in [0, 0.05) is 24.8 Å². The molecule has 1 aliphatic rings. The van der Waals surface area contributed by atoms with E-state index in [1.807, 2.05) is 4.90 Å². The van der Waals surface area contributed by atoms with Crippen LogP contribution in [0, 0.1) is 0 Å². The molecule has 1 heterocycles. The van der Waals surface area contributed by atoms with Gasteiger partial charge in [-0.25, -0.2) is 0 Å². The van der Waals surface area contributed by atoms with E-state index < -0.39 is 0 Å². The Kier molecular flexibility index (Phi) is 11.2. The van der Waals surface area contributed by atoms with E-state index in [9.17, 15) is 4.79 Å². The van der Waals surface area contributed by atoms with Crippen molar-refractivity contribution in [3.8, 4) is 0 Å². The van der Waals surface area contributed by atoms with E-state index >= 15 is 0 Å². The van der Waals surface area contributed by atoms with Gasteiger partial charge in [0.1, 0.15) is 0 Å². The fourth-order valence-corrected chi connectivity index (χ4v) is 3.06. The maximum absolute atomic E-state index is 12.1. The molecule has 21 heavy (non-hydrogen) atoms. The normalized spacial score (nSPS) is 16.4. The molecule has 1 aliphatic heterocycles. The molecule has 1 rings (SSSR count). The highest BCUT2D eigenvalue weighted by Gasteiger charge is 2.22. The summed E-state index contributed by atoms with van der Waals surface area (Å²) < 4.78 is 5.72. The van der Waals surface area contributed by atoms with Crippen LogP contribution in [0.5, 0.6) is 0 Å². The van der Waals surface area contributed by atoms with Crippen LogP contribution in [0.15, 0.2) is 0 Å². The molecule has 1 amide bonds. The molecule has 0 saturated carbocycles. The van der Waals surface area contributed by atoms with E-state index in [0.717, 1.165) is 50.7 Å². The Hall–Kier alpha value is -0.0900. The number of amides is 1. The maximum atomic E-state index is 12.1. The van der Waals surface area contributed by atoms with Crippen LogP contribution < -0.4 is 0 Å². The second-order valence-electron chi connectivity index (χ2n) is 6.01. The Labute approximate surface area is 138 Å². The lowest BCUT2D eigenvalue weighted by Gasteiger charge is -2.32. The summed E-state index contributed by atoms with van der Waals surface area (Å²) in [5, 5.41) is 0.893. The van der Waals surface area contributed by atoms with Crippen molar-refractivity contribution < 1.29 is 9.53 Å². The summed E-state index contributed by atoms with van der Waals surface area (Å²) in [5.74, 6) is 0.350. The fourth-order valence-electron chi connectivity index (χ4n) is 2.87. The van der Waals surface area contributed by atoms with Crippen molar-refractivity contribution >= 4 is 21.8 Å². The minimum Gasteiger partial charge on any atom is -0.377 e. The molecule has 0 aromatic carbocycles. The summed E-state index contributed by atoms with van der Waals surface area (Å²) in [4.78, 5) is 14.2. The molecule has 0 bridgehead atoms. The van der Waals surface area contributed by atoms with E-state index in [1.165, 1.54) is 38.5 Å². The molecule has 0 aliphatic carbocycles. The van der Waals surface area contributed by atoms with Crippen LogP contribution in [0.25, 0.3) is 0 Å². The van der Waals surface area contributed by atoms with Gasteiger partial charge in [-0.05, 0) is 19.3 Å². The quantitative estimate of drug-likeness (QED) is 0.399. The van der Waals surface area contributed by atoms with Crippen molar-refractivity contribution in [2.24, 2.45) is 0 Å². The molecule has 0 unspecified atom stereocenters. The SMILES string of the molecule is CCCCCCCCCC(=O)N1CCC(OCCBr)CC1. The Balaban J connectivity index is 2.00. The Morgan fingerprint density at radius 1 is 1.10 bits per heavy atom. The van der Waals surface area contributed by atoms with Crippen molar-refractivity contribution in [3.05, 3.63) is 0 Å².